The van der Waals surface area contributed by atoms with E-state index in [-0.39, 0.29) is 5.66 Å². The Bertz CT molecular complexity index is 844. The molecule has 1 saturated heterocycles. The van der Waals surface area contributed by atoms with Gasteiger partial charge in [-0.15, -0.1) is 0 Å². The van der Waals surface area contributed by atoms with Gasteiger partial charge in [-0.3, -0.25) is 14.9 Å². The molecule has 10 heteroatoms. The first-order valence-electron chi connectivity index (χ1n) is 11.5. The molecular weight excluding hydrogens is 442 g/mol. The molecule has 0 aliphatic carbocycles. The largest absolute Gasteiger partial charge is 0.497 e. The highest BCUT2D eigenvalue weighted by atomic mass is 32.2. The van der Waals surface area contributed by atoms with Gasteiger partial charge in [0.05, 0.1) is 19.9 Å². The number of unbranched alkanes of at least 4 members (excludes halogenated alkanes) is 6. The third-order valence-corrected chi connectivity index (χ3v) is 4.71. The third kappa shape index (κ3) is 15.2. The number of guanidine groups is 2. The molecular formula is C23H41N5O4S. The van der Waals surface area contributed by atoms with Gasteiger partial charge in [0.15, 0.2) is 11.9 Å². The predicted octanol–water partition coefficient (Wildman–Crippen LogP) is 3.68. The maximum Gasteiger partial charge on any atom is 0.261 e. The lowest BCUT2D eigenvalue weighted by Crippen LogP contribution is -2.68. The molecule has 0 amide bonds. The van der Waals surface area contributed by atoms with Crippen molar-refractivity contribution < 1.29 is 17.7 Å². The highest BCUT2D eigenvalue weighted by Crippen LogP contribution is 2.12. The number of aliphatic imine (C=N–C) groups is 2. The summed E-state index contributed by atoms with van der Waals surface area (Å²) < 4.78 is 31.1. The first-order valence-corrected chi connectivity index (χ1v) is 13.3. The molecule has 4 N–H and O–H groups in total. The van der Waals surface area contributed by atoms with Crippen molar-refractivity contribution >= 4 is 22.0 Å². The zero-order valence-electron chi connectivity index (χ0n) is 20.6. The van der Waals surface area contributed by atoms with E-state index < -0.39 is 10.1 Å². The van der Waals surface area contributed by atoms with E-state index in [4.69, 9.17) is 14.3 Å². The number of hydrogen-bond donors (Lipinski definition) is 4. The maximum atomic E-state index is 9.19. The van der Waals surface area contributed by atoms with Gasteiger partial charge in [0.1, 0.15) is 11.4 Å². The zero-order chi connectivity index (χ0) is 24.7. The smallest absolute Gasteiger partial charge is 0.261 e. The Kier molecular flexibility index (Phi) is 12.8. The number of methoxy groups -OCH3 is 1. The minimum atomic E-state index is -3.67. The van der Waals surface area contributed by atoms with E-state index in [1.807, 2.05) is 24.3 Å². The fraction of sp³-hybridized carbons (Fsp3) is 0.652. The van der Waals surface area contributed by atoms with Crippen molar-refractivity contribution in [1.82, 2.24) is 16.0 Å². The molecule has 0 aromatic heterocycles. The second-order valence-electron chi connectivity index (χ2n) is 8.60. The van der Waals surface area contributed by atoms with Crippen molar-refractivity contribution in [2.24, 2.45) is 9.98 Å². The Morgan fingerprint density at radius 3 is 2.00 bits per heavy atom. The Morgan fingerprint density at radius 2 is 1.45 bits per heavy atom. The summed E-state index contributed by atoms with van der Waals surface area (Å²) in [5.41, 5.74) is 0.845. The van der Waals surface area contributed by atoms with Crippen molar-refractivity contribution in [1.29, 1.82) is 0 Å². The molecule has 1 aromatic rings. The predicted molar refractivity (Wildman–Crippen MR) is 135 cm³/mol. The average molecular weight is 484 g/mol. The summed E-state index contributed by atoms with van der Waals surface area (Å²) >= 11 is 0. The van der Waals surface area contributed by atoms with E-state index in [2.05, 4.69) is 41.7 Å². The van der Waals surface area contributed by atoms with Crippen LogP contribution in [0.5, 0.6) is 5.75 Å². The van der Waals surface area contributed by atoms with E-state index in [0.29, 0.717) is 12.8 Å². The summed E-state index contributed by atoms with van der Waals surface area (Å²) in [6, 6.07) is 7.98. The number of rotatable bonds is 11. The summed E-state index contributed by atoms with van der Waals surface area (Å²) in [5.74, 6) is 2.40. The van der Waals surface area contributed by atoms with Crippen LogP contribution in [0.1, 0.15) is 71.3 Å². The molecule has 0 atom stereocenters. The van der Waals surface area contributed by atoms with E-state index in [9.17, 15) is 8.42 Å². The molecule has 1 aromatic carbocycles. The zero-order valence-corrected chi connectivity index (χ0v) is 21.5. The fourth-order valence-corrected chi connectivity index (χ4v) is 3.12. The number of nitrogens with zero attached hydrogens (tertiary/aromatic N) is 2. The summed E-state index contributed by atoms with van der Waals surface area (Å²) in [6.45, 7) is 7.86. The molecule has 1 aliphatic heterocycles. The number of ether oxygens (including phenoxy) is 1. The molecule has 0 bridgehead atoms. The standard InChI is InChI=1S/C22H37N5O.CH4O3S/c1-5-6-7-8-9-10-11-16-23-20-25-21(27-22(2,3)26-20)24-17-18-12-14-19(28-4)15-13-18;1-5(2,3)4/h12-15H,5-11,16-17H2,1-4H3,(H3,23,24,25,26,27);1H3,(H,2,3,4). The third-order valence-electron chi connectivity index (χ3n) is 4.71. The number of nitrogens with one attached hydrogen (secondary N) is 3. The second-order valence-corrected chi connectivity index (χ2v) is 10.1. The summed E-state index contributed by atoms with van der Waals surface area (Å²) in [7, 11) is -1.99. The van der Waals surface area contributed by atoms with E-state index in [0.717, 1.165) is 36.2 Å². The summed E-state index contributed by atoms with van der Waals surface area (Å²) in [4.78, 5) is 9.37. The van der Waals surface area contributed by atoms with Crippen LogP contribution in [0.4, 0.5) is 0 Å². The number of hydrogen-bond acceptors (Lipinski definition) is 5. The van der Waals surface area contributed by atoms with Crippen LogP contribution in [0.15, 0.2) is 34.3 Å². The Morgan fingerprint density at radius 1 is 0.939 bits per heavy atom. The monoisotopic (exact) mass is 483 g/mol. The molecule has 188 valence electrons. The van der Waals surface area contributed by atoms with Crippen LogP contribution in [-0.2, 0) is 16.7 Å². The molecule has 0 saturated carbocycles. The van der Waals surface area contributed by atoms with Crippen LogP contribution in [0.25, 0.3) is 0 Å². The quantitative estimate of drug-likeness (QED) is 0.279. The van der Waals surface area contributed by atoms with Gasteiger partial charge < -0.3 is 15.4 Å². The molecule has 0 unspecified atom stereocenters. The molecule has 9 nitrogen and oxygen atoms in total. The molecule has 2 rings (SSSR count). The molecule has 0 spiro atoms. The molecule has 1 fully saturated rings. The first kappa shape index (κ1) is 28.7. The van der Waals surface area contributed by atoms with Crippen molar-refractivity contribution in [2.45, 2.75) is 77.9 Å². The maximum absolute atomic E-state index is 9.19. The highest BCUT2D eigenvalue weighted by Gasteiger charge is 2.26. The van der Waals surface area contributed by atoms with Crippen LogP contribution in [0.3, 0.4) is 0 Å². The fourth-order valence-electron chi connectivity index (χ4n) is 3.12. The Hall–Kier alpha value is -2.33. The van der Waals surface area contributed by atoms with Gasteiger partial charge in [0.2, 0.25) is 0 Å². The highest BCUT2D eigenvalue weighted by molar-refractivity contribution is 7.85. The van der Waals surface area contributed by atoms with Crippen molar-refractivity contribution in [3.05, 3.63) is 29.8 Å². The molecule has 0 radical (unpaired) electrons. The van der Waals surface area contributed by atoms with Crippen LogP contribution in [0, 0.1) is 0 Å². The van der Waals surface area contributed by atoms with Gasteiger partial charge in [0.25, 0.3) is 10.1 Å². The van der Waals surface area contributed by atoms with Gasteiger partial charge in [-0.2, -0.15) is 8.42 Å². The van der Waals surface area contributed by atoms with Crippen LogP contribution < -0.4 is 20.7 Å². The normalized spacial score (nSPS) is 17.4. The topological polar surface area (TPSA) is 124 Å². The first-order chi connectivity index (χ1) is 15.5. The van der Waals surface area contributed by atoms with Gasteiger partial charge >= 0.3 is 0 Å². The lowest BCUT2D eigenvalue weighted by molar-refractivity contribution is 0.403. The van der Waals surface area contributed by atoms with E-state index in [1.165, 1.54) is 38.5 Å². The second kappa shape index (κ2) is 14.7. The lowest BCUT2D eigenvalue weighted by Gasteiger charge is -2.36. The Labute approximate surface area is 199 Å². The number of benzene rings is 1. The summed E-state index contributed by atoms with van der Waals surface area (Å²) in [6.07, 6.45) is 9.78. The molecule has 33 heavy (non-hydrogen) atoms. The minimum absolute atomic E-state index is 0.289. The van der Waals surface area contributed by atoms with Crippen molar-refractivity contribution in [2.75, 3.05) is 19.9 Å². The van der Waals surface area contributed by atoms with Gasteiger partial charge in [-0.1, -0.05) is 57.6 Å². The lowest BCUT2D eigenvalue weighted by atomic mass is 10.1. The van der Waals surface area contributed by atoms with E-state index in [1.54, 1.807) is 7.11 Å². The van der Waals surface area contributed by atoms with E-state index >= 15 is 0 Å². The van der Waals surface area contributed by atoms with Crippen LogP contribution in [0.2, 0.25) is 0 Å². The Balaban J connectivity index is 0.000000981. The summed E-state index contributed by atoms with van der Waals surface area (Å²) in [5, 5.41) is 10.0. The SMILES string of the molecule is CCCCCCCCCN=C1NC(=NCc2ccc(OC)cc2)NC(C)(C)N1.CS(=O)(=O)O. The van der Waals surface area contributed by atoms with Crippen molar-refractivity contribution in [3.63, 3.8) is 0 Å². The van der Waals surface area contributed by atoms with Crippen LogP contribution >= 0.6 is 0 Å². The van der Waals surface area contributed by atoms with Crippen molar-refractivity contribution in [3.8, 4) is 5.75 Å². The van der Waals surface area contributed by atoms with Gasteiger partial charge in [-0.25, -0.2) is 4.99 Å². The average Bonchev–Trinajstić information content (AvgIpc) is 2.72. The molecule has 1 heterocycles. The molecule has 1 aliphatic rings. The minimum Gasteiger partial charge on any atom is -0.497 e. The van der Waals surface area contributed by atoms with Gasteiger partial charge in [0, 0.05) is 6.54 Å². The van der Waals surface area contributed by atoms with Gasteiger partial charge in [-0.05, 0) is 38.0 Å². The van der Waals surface area contributed by atoms with Crippen LogP contribution in [-0.4, -0.2) is 50.5 Å².